The molecule has 6 nitrogen and oxygen atoms in total. The van der Waals surface area contributed by atoms with Gasteiger partial charge in [-0.2, -0.15) is 0 Å². The molecule has 20 heavy (non-hydrogen) atoms. The number of likely N-dealkylation sites (tertiary alicyclic amines) is 1. The first-order valence-corrected chi connectivity index (χ1v) is 6.57. The molecule has 0 bridgehead atoms. The van der Waals surface area contributed by atoms with E-state index in [2.05, 4.69) is 0 Å². The molecule has 1 aliphatic rings. The third-order valence-electron chi connectivity index (χ3n) is 3.35. The lowest BCUT2D eigenvalue weighted by molar-refractivity contribution is -0.664. The SMILES string of the molecule is NC(=O)C[NH2+][C@@H]1CC(=O)N(CCc2ccccc2)C1=O. The van der Waals surface area contributed by atoms with Crippen molar-refractivity contribution >= 4 is 17.7 Å². The van der Waals surface area contributed by atoms with Gasteiger partial charge in [-0.25, -0.2) is 0 Å². The lowest BCUT2D eigenvalue weighted by Crippen LogP contribution is -2.93. The van der Waals surface area contributed by atoms with Crippen LogP contribution in [0.5, 0.6) is 0 Å². The predicted molar refractivity (Wildman–Crippen MR) is 71.3 cm³/mol. The van der Waals surface area contributed by atoms with Gasteiger partial charge in [0.25, 0.3) is 11.8 Å². The minimum absolute atomic E-state index is 0.0240. The molecule has 2 rings (SSSR count). The Morgan fingerprint density at radius 1 is 1.30 bits per heavy atom. The summed E-state index contributed by atoms with van der Waals surface area (Å²) in [6.07, 6.45) is 0.780. The zero-order valence-electron chi connectivity index (χ0n) is 11.1. The minimum Gasteiger partial charge on any atom is -0.365 e. The maximum atomic E-state index is 12.1. The fourth-order valence-corrected chi connectivity index (χ4v) is 2.27. The third-order valence-corrected chi connectivity index (χ3v) is 3.35. The van der Waals surface area contributed by atoms with Crippen LogP contribution in [0.15, 0.2) is 30.3 Å². The standard InChI is InChI=1S/C14H17N3O3/c15-12(18)9-16-11-8-13(19)17(14(11)20)7-6-10-4-2-1-3-5-10/h1-5,11,16H,6-9H2,(H2,15,18)/p+1/t11-/m1/s1. The summed E-state index contributed by atoms with van der Waals surface area (Å²) in [7, 11) is 0. The average molecular weight is 276 g/mol. The summed E-state index contributed by atoms with van der Waals surface area (Å²) >= 11 is 0. The summed E-state index contributed by atoms with van der Waals surface area (Å²) in [5, 5.41) is 1.53. The summed E-state index contributed by atoms with van der Waals surface area (Å²) < 4.78 is 0. The van der Waals surface area contributed by atoms with E-state index in [9.17, 15) is 14.4 Å². The molecule has 1 aromatic rings. The maximum absolute atomic E-state index is 12.1. The van der Waals surface area contributed by atoms with E-state index in [-0.39, 0.29) is 24.8 Å². The number of quaternary nitrogens is 1. The molecule has 1 heterocycles. The molecule has 0 aliphatic carbocycles. The van der Waals surface area contributed by atoms with Gasteiger partial charge in [0.15, 0.2) is 12.6 Å². The molecule has 0 spiro atoms. The van der Waals surface area contributed by atoms with Crippen LogP contribution in [-0.2, 0) is 20.8 Å². The highest BCUT2D eigenvalue weighted by Crippen LogP contribution is 2.11. The Labute approximate surface area is 116 Å². The second kappa shape index (κ2) is 6.29. The molecule has 1 aliphatic heterocycles. The number of nitrogens with zero attached hydrogens (tertiary/aromatic N) is 1. The number of imide groups is 1. The number of primary amides is 1. The van der Waals surface area contributed by atoms with Gasteiger partial charge in [0.1, 0.15) is 0 Å². The van der Waals surface area contributed by atoms with Crippen LogP contribution < -0.4 is 11.1 Å². The summed E-state index contributed by atoms with van der Waals surface area (Å²) in [5.74, 6) is -0.906. The largest absolute Gasteiger partial charge is 0.365 e. The van der Waals surface area contributed by atoms with E-state index >= 15 is 0 Å². The van der Waals surface area contributed by atoms with Gasteiger partial charge in [0, 0.05) is 6.54 Å². The first-order chi connectivity index (χ1) is 9.58. The monoisotopic (exact) mass is 276 g/mol. The lowest BCUT2D eigenvalue weighted by atomic mass is 10.1. The Morgan fingerprint density at radius 3 is 2.65 bits per heavy atom. The van der Waals surface area contributed by atoms with Crippen LogP contribution in [0.25, 0.3) is 0 Å². The second-order valence-corrected chi connectivity index (χ2v) is 4.84. The van der Waals surface area contributed by atoms with Crippen molar-refractivity contribution in [2.75, 3.05) is 13.1 Å². The molecule has 0 aromatic heterocycles. The lowest BCUT2D eigenvalue weighted by Gasteiger charge is -2.13. The van der Waals surface area contributed by atoms with Crippen molar-refractivity contribution in [3.63, 3.8) is 0 Å². The van der Waals surface area contributed by atoms with Crippen LogP contribution in [0, 0.1) is 0 Å². The van der Waals surface area contributed by atoms with E-state index in [1.54, 1.807) is 0 Å². The van der Waals surface area contributed by atoms with Gasteiger partial charge in [-0.1, -0.05) is 30.3 Å². The zero-order chi connectivity index (χ0) is 14.5. The van der Waals surface area contributed by atoms with Gasteiger partial charge in [-0.3, -0.25) is 19.3 Å². The van der Waals surface area contributed by atoms with Gasteiger partial charge in [-0.05, 0) is 12.0 Å². The van der Waals surface area contributed by atoms with Crippen molar-refractivity contribution in [3.8, 4) is 0 Å². The molecule has 0 radical (unpaired) electrons. The Balaban J connectivity index is 1.90. The van der Waals surface area contributed by atoms with Crippen LogP contribution in [0.3, 0.4) is 0 Å². The molecule has 4 N–H and O–H groups in total. The normalized spacial score (nSPS) is 18.6. The van der Waals surface area contributed by atoms with Crippen LogP contribution in [0.2, 0.25) is 0 Å². The molecule has 1 saturated heterocycles. The first kappa shape index (κ1) is 14.2. The smallest absolute Gasteiger partial charge is 0.287 e. The Hall–Kier alpha value is -2.21. The molecule has 0 unspecified atom stereocenters. The third kappa shape index (κ3) is 3.42. The number of carbonyl (C=O) groups excluding carboxylic acids is 3. The molecule has 106 valence electrons. The van der Waals surface area contributed by atoms with Crippen LogP contribution in [0.1, 0.15) is 12.0 Å². The predicted octanol–water partition coefficient (Wildman–Crippen LogP) is -1.59. The highest BCUT2D eigenvalue weighted by molar-refractivity contribution is 6.04. The quantitative estimate of drug-likeness (QED) is 0.613. The van der Waals surface area contributed by atoms with Crippen LogP contribution in [0.4, 0.5) is 0 Å². The number of amides is 3. The molecule has 1 aromatic carbocycles. The minimum atomic E-state index is -0.509. The Kier molecular flexibility index (Phi) is 4.47. The molecular weight excluding hydrogens is 258 g/mol. The molecule has 0 saturated carbocycles. The number of hydrogen-bond acceptors (Lipinski definition) is 3. The number of nitrogens with two attached hydrogens (primary N) is 2. The highest BCUT2D eigenvalue weighted by atomic mass is 16.2. The van der Waals surface area contributed by atoms with Crippen LogP contribution in [-0.4, -0.2) is 41.8 Å². The zero-order valence-corrected chi connectivity index (χ0v) is 11.1. The maximum Gasteiger partial charge on any atom is 0.287 e. The van der Waals surface area contributed by atoms with Gasteiger partial charge >= 0.3 is 0 Å². The number of rotatable bonds is 6. The number of hydrogen-bond donors (Lipinski definition) is 2. The van der Waals surface area contributed by atoms with Gasteiger partial charge < -0.3 is 11.1 Å². The van der Waals surface area contributed by atoms with Crippen molar-refractivity contribution in [3.05, 3.63) is 35.9 Å². The van der Waals surface area contributed by atoms with E-state index in [1.165, 1.54) is 10.2 Å². The van der Waals surface area contributed by atoms with E-state index in [0.717, 1.165) is 5.56 Å². The van der Waals surface area contributed by atoms with E-state index < -0.39 is 11.9 Å². The van der Waals surface area contributed by atoms with E-state index in [0.29, 0.717) is 13.0 Å². The number of carbonyl (C=O) groups is 3. The Bertz CT molecular complexity index is 516. The van der Waals surface area contributed by atoms with Gasteiger partial charge in [0.2, 0.25) is 5.91 Å². The summed E-state index contributed by atoms with van der Waals surface area (Å²) in [6.45, 7) is 0.402. The molecule has 1 fully saturated rings. The number of benzene rings is 1. The summed E-state index contributed by atoms with van der Waals surface area (Å²) in [5.41, 5.74) is 6.12. The van der Waals surface area contributed by atoms with Gasteiger partial charge in [0.05, 0.1) is 6.42 Å². The molecule has 1 atom stereocenters. The van der Waals surface area contributed by atoms with E-state index in [4.69, 9.17) is 5.73 Å². The summed E-state index contributed by atoms with van der Waals surface area (Å²) in [4.78, 5) is 35.9. The topological polar surface area (TPSA) is 97.1 Å². The van der Waals surface area contributed by atoms with Crippen molar-refractivity contribution in [2.24, 2.45) is 5.73 Å². The molecule has 6 heteroatoms. The molecule has 3 amide bonds. The summed E-state index contributed by atoms with van der Waals surface area (Å²) in [6, 6.07) is 9.18. The van der Waals surface area contributed by atoms with Crippen LogP contribution >= 0.6 is 0 Å². The fraction of sp³-hybridized carbons (Fsp3) is 0.357. The highest BCUT2D eigenvalue weighted by Gasteiger charge is 2.40. The fourth-order valence-electron chi connectivity index (χ4n) is 2.27. The van der Waals surface area contributed by atoms with Crippen molar-refractivity contribution in [1.82, 2.24) is 4.90 Å². The first-order valence-electron chi connectivity index (χ1n) is 6.57. The van der Waals surface area contributed by atoms with Gasteiger partial charge in [-0.15, -0.1) is 0 Å². The molecular formula is C14H18N3O3+. The Morgan fingerprint density at radius 2 is 2.00 bits per heavy atom. The van der Waals surface area contributed by atoms with E-state index in [1.807, 2.05) is 30.3 Å². The average Bonchev–Trinajstić information content (AvgIpc) is 2.70. The second-order valence-electron chi connectivity index (χ2n) is 4.84. The van der Waals surface area contributed by atoms with Crippen molar-refractivity contribution in [1.29, 1.82) is 0 Å². The van der Waals surface area contributed by atoms with Crippen molar-refractivity contribution < 1.29 is 19.7 Å². The van der Waals surface area contributed by atoms with Crippen molar-refractivity contribution in [2.45, 2.75) is 18.9 Å².